The van der Waals surface area contributed by atoms with Gasteiger partial charge in [-0.3, -0.25) is 4.98 Å². The van der Waals surface area contributed by atoms with Gasteiger partial charge in [0.25, 0.3) is 5.88 Å². The number of hydrogen-bond acceptors (Lipinski definition) is 7. The first-order valence-corrected chi connectivity index (χ1v) is 6.04. The Bertz CT molecular complexity index is 769. The molecule has 0 fully saturated rings. The number of rotatable bonds is 4. The highest BCUT2D eigenvalue weighted by molar-refractivity contribution is 5.88. The molecule has 8 nitrogen and oxygen atoms in total. The lowest BCUT2D eigenvalue weighted by molar-refractivity contribution is 0.0503. The van der Waals surface area contributed by atoms with Crippen LogP contribution in [0.4, 0.5) is 0 Å². The molecule has 8 heteroatoms. The molecule has 106 valence electrons. The number of nitrogens with two attached hydrogens (primary N) is 1. The van der Waals surface area contributed by atoms with Crippen molar-refractivity contribution in [2.75, 3.05) is 0 Å². The highest BCUT2D eigenvalue weighted by Gasteiger charge is 2.08. The quantitative estimate of drug-likeness (QED) is 0.704. The molecule has 0 amide bonds. The SMILES string of the molecule is NOC(=O)c1ccc(COc2nccn3ccnc23)nc1. The lowest BCUT2D eigenvalue weighted by Crippen LogP contribution is -2.11. The summed E-state index contributed by atoms with van der Waals surface area (Å²) in [5.74, 6) is 4.57. The molecular weight excluding hydrogens is 274 g/mol. The number of hydrogen-bond donors (Lipinski definition) is 1. The number of carbonyl (C=O) groups excluding carboxylic acids is 1. The van der Waals surface area contributed by atoms with Crippen molar-refractivity contribution in [2.24, 2.45) is 5.90 Å². The van der Waals surface area contributed by atoms with Gasteiger partial charge < -0.3 is 14.0 Å². The van der Waals surface area contributed by atoms with Crippen molar-refractivity contribution < 1.29 is 14.4 Å². The van der Waals surface area contributed by atoms with Crippen LogP contribution in [0.15, 0.2) is 43.1 Å². The summed E-state index contributed by atoms with van der Waals surface area (Å²) in [5, 5.41) is 0. The van der Waals surface area contributed by atoms with Crippen LogP contribution in [0.25, 0.3) is 5.65 Å². The van der Waals surface area contributed by atoms with Gasteiger partial charge in [-0.15, -0.1) is 0 Å². The molecule has 0 aliphatic carbocycles. The lowest BCUT2D eigenvalue weighted by Gasteiger charge is -2.06. The van der Waals surface area contributed by atoms with E-state index in [2.05, 4.69) is 19.8 Å². The Kier molecular flexibility index (Phi) is 3.44. The van der Waals surface area contributed by atoms with Gasteiger partial charge in [-0.2, -0.15) is 5.90 Å². The second kappa shape index (κ2) is 5.55. The van der Waals surface area contributed by atoms with Gasteiger partial charge in [0.1, 0.15) is 6.61 Å². The third kappa shape index (κ3) is 2.65. The molecule has 3 aromatic rings. The summed E-state index contributed by atoms with van der Waals surface area (Å²) in [5.41, 5.74) is 1.54. The Hall–Kier alpha value is -3.00. The summed E-state index contributed by atoms with van der Waals surface area (Å²) < 4.78 is 7.39. The molecule has 0 saturated heterocycles. The maximum Gasteiger partial charge on any atom is 0.358 e. The van der Waals surface area contributed by atoms with Crippen LogP contribution in [0, 0.1) is 0 Å². The molecule has 21 heavy (non-hydrogen) atoms. The highest BCUT2D eigenvalue weighted by Crippen LogP contribution is 2.15. The molecule has 0 aliphatic heterocycles. The second-order valence-corrected chi connectivity index (χ2v) is 4.12. The summed E-state index contributed by atoms with van der Waals surface area (Å²) in [7, 11) is 0. The van der Waals surface area contributed by atoms with Crippen LogP contribution >= 0.6 is 0 Å². The Morgan fingerprint density at radius 2 is 2.00 bits per heavy atom. The lowest BCUT2D eigenvalue weighted by atomic mass is 10.2. The van der Waals surface area contributed by atoms with Crippen molar-refractivity contribution in [1.82, 2.24) is 19.4 Å². The van der Waals surface area contributed by atoms with Crippen molar-refractivity contribution in [3.05, 3.63) is 54.4 Å². The third-order valence-electron chi connectivity index (χ3n) is 2.80. The number of aromatic nitrogens is 4. The molecular formula is C13H11N5O3. The predicted octanol–water partition coefficient (Wildman–Crippen LogP) is 0.734. The summed E-state index contributed by atoms with van der Waals surface area (Å²) in [6.45, 7) is 0.206. The minimum absolute atomic E-state index is 0.206. The molecule has 0 atom stereocenters. The molecule has 3 aromatic heterocycles. The van der Waals surface area contributed by atoms with Gasteiger partial charge in [0.05, 0.1) is 11.3 Å². The van der Waals surface area contributed by atoms with E-state index < -0.39 is 5.97 Å². The molecule has 0 radical (unpaired) electrons. The normalized spacial score (nSPS) is 10.5. The van der Waals surface area contributed by atoms with Gasteiger partial charge in [0.2, 0.25) is 0 Å². The van der Waals surface area contributed by atoms with Gasteiger partial charge in [-0.25, -0.2) is 14.8 Å². The maximum atomic E-state index is 11.2. The van der Waals surface area contributed by atoms with Crippen LogP contribution in [-0.2, 0) is 11.4 Å². The largest absolute Gasteiger partial charge is 0.469 e. The molecule has 0 spiro atoms. The fraction of sp³-hybridized carbons (Fsp3) is 0.0769. The Labute approximate surface area is 119 Å². The molecule has 0 aliphatic rings. The van der Waals surface area contributed by atoms with E-state index in [-0.39, 0.29) is 12.2 Å². The van der Waals surface area contributed by atoms with Crippen LogP contribution in [0.1, 0.15) is 16.1 Å². The Morgan fingerprint density at radius 1 is 1.19 bits per heavy atom. The summed E-state index contributed by atoms with van der Waals surface area (Å²) in [4.78, 5) is 27.7. The van der Waals surface area contributed by atoms with Crippen molar-refractivity contribution in [2.45, 2.75) is 6.61 Å². The van der Waals surface area contributed by atoms with E-state index in [9.17, 15) is 4.79 Å². The van der Waals surface area contributed by atoms with E-state index in [0.717, 1.165) is 0 Å². The number of fused-ring (bicyclic) bond motifs is 1. The van der Waals surface area contributed by atoms with Crippen molar-refractivity contribution in [3.63, 3.8) is 0 Å². The van der Waals surface area contributed by atoms with E-state index >= 15 is 0 Å². The smallest absolute Gasteiger partial charge is 0.358 e. The minimum Gasteiger partial charge on any atom is -0.469 e. The van der Waals surface area contributed by atoms with Crippen LogP contribution in [0.5, 0.6) is 5.88 Å². The van der Waals surface area contributed by atoms with E-state index in [0.29, 0.717) is 17.2 Å². The van der Waals surface area contributed by atoms with Crippen molar-refractivity contribution in [1.29, 1.82) is 0 Å². The number of pyridine rings is 1. The van der Waals surface area contributed by atoms with Crippen molar-refractivity contribution >= 4 is 11.6 Å². The number of imidazole rings is 1. The molecule has 3 heterocycles. The zero-order valence-electron chi connectivity index (χ0n) is 10.8. The van der Waals surface area contributed by atoms with E-state index in [1.165, 1.54) is 6.20 Å². The topological polar surface area (TPSA) is 105 Å². The second-order valence-electron chi connectivity index (χ2n) is 4.12. The first-order chi connectivity index (χ1) is 10.3. The van der Waals surface area contributed by atoms with Gasteiger partial charge in [-0.1, -0.05) is 0 Å². The molecule has 3 rings (SSSR count). The minimum atomic E-state index is -0.640. The molecule has 0 unspecified atom stereocenters. The first-order valence-electron chi connectivity index (χ1n) is 6.04. The van der Waals surface area contributed by atoms with Crippen molar-refractivity contribution in [3.8, 4) is 5.88 Å². The zero-order valence-corrected chi connectivity index (χ0v) is 10.8. The van der Waals surface area contributed by atoms with E-state index in [1.54, 1.807) is 41.3 Å². The fourth-order valence-corrected chi connectivity index (χ4v) is 1.77. The summed E-state index contributed by atoms with van der Waals surface area (Å²) in [6.07, 6.45) is 8.24. The summed E-state index contributed by atoms with van der Waals surface area (Å²) >= 11 is 0. The highest BCUT2D eigenvalue weighted by atomic mass is 16.7. The van der Waals surface area contributed by atoms with Gasteiger partial charge >= 0.3 is 5.97 Å². The van der Waals surface area contributed by atoms with Crippen LogP contribution in [0.2, 0.25) is 0 Å². The molecule has 0 aromatic carbocycles. The number of carbonyl (C=O) groups is 1. The zero-order chi connectivity index (χ0) is 14.7. The first kappa shape index (κ1) is 13.0. The van der Waals surface area contributed by atoms with Crippen LogP contribution in [-0.4, -0.2) is 25.3 Å². The van der Waals surface area contributed by atoms with Crippen LogP contribution < -0.4 is 10.6 Å². The number of ether oxygens (including phenoxy) is 1. The fourth-order valence-electron chi connectivity index (χ4n) is 1.77. The van der Waals surface area contributed by atoms with E-state index in [1.807, 2.05) is 0 Å². The number of nitrogens with zero attached hydrogens (tertiary/aromatic N) is 4. The van der Waals surface area contributed by atoms with Gasteiger partial charge in [0.15, 0.2) is 5.65 Å². The van der Waals surface area contributed by atoms with E-state index in [4.69, 9.17) is 10.6 Å². The average molecular weight is 285 g/mol. The average Bonchev–Trinajstić information content (AvgIpc) is 3.02. The third-order valence-corrected chi connectivity index (χ3v) is 2.80. The predicted molar refractivity (Wildman–Crippen MR) is 71.2 cm³/mol. The Morgan fingerprint density at radius 3 is 2.71 bits per heavy atom. The molecule has 0 bridgehead atoms. The standard InChI is InChI=1S/C13H11N5O3/c14-21-13(19)9-1-2-10(17-7-9)8-20-12-11-15-3-5-18(11)6-4-16-12/h1-7H,8,14H2. The Balaban J connectivity index is 1.73. The summed E-state index contributed by atoms with van der Waals surface area (Å²) in [6, 6.07) is 3.21. The monoisotopic (exact) mass is 285 g/mol. The van der Waals surface area contributed by atoms with Crippen LogP contribution in [0.3, 0.4) is 0 Å². The van der Waals surface area contributed by atoms with Gasteiger partial charge in [-0.05, 0) is 12.1 Å². The molecule has 0 saturated carbocycles. The maximum absolute atomic E-state index is 11.2. The van der Waals surface area contributed by atoms with Gasteiger partial charge in [0, 0.05) is 31.0 Å². The molecule has 2 N–H and O–H groups in total.